The Labute approximate surface area is 184 Å². The number of benzene rings is 3. The normalized spacial score (nSPS) is 19.5. The van der Waals surface area contributed by atoms with Crippen LogP contribution in [0.2, 0.25) is 0 Å². The lowest BCUT2D eigenvalue weighted by atomic mass is 9.79. The second-order valence-electron chi connectivity index (χ2n) is 7.42. The molecule has 0 radical (unpaired) electrons. The minimum atomic E-state index is -1.45. The number of nitro groups is 1. The van der Waals surface area contributed by atoms with Crippen molar-refractivity contribution in [2.45, 2.75) is 17.6 Å². The average molecular weight is 433 g/mol. The molecule has 4 rings (SSSR count). The van der Waals surface area contributed by atoms with Crippen LogP contribution >= 0.6 is 11.8 Å². The predicted molar refractivity (Wildman–Crippen MR) is 121 cm³/mol. The summed E-state index contributed by atoms with van der Waals surface area (Å²) in [4.78, 5) is 39.6. The fourth-order valence-corrected chi connectivity index (χ4v) is 5.33. The second kappa shape index (κ2) is 8.35. The SMILES string of the molecule is Cc1ccc(N2C(=O)S[C@](c3ccccc3)([C@H](C[N+](=O)[O-])c3ccccc3)C2=O)cc1. The lowest BCUT2D eigenvalue weighted by molar-refractivity contribution is -0.484. The Bertz CT molecular complexity index is 1120. The molecule has 1 saturated heterocycles. The summed E-state index contributed by atoms with van der Waals surface area (Å²) >= 11 is 0.859. The lowest BCUT2D eigenvalue weighted by Gasteiger charge is -2.32. The molecule has 2 amide bonds. The predicted octanol–water partition coefficient (Wildman–Crippen LogP) is 5.15. The first-order valence-electron chi connectivity index (χ1n) is 9.80. The number of imide groups is 1. The van der Waals surface area contributed by atoms with E-state index in [2.05, 4.69) is 0 Å². The molecule has 2 atom stereocenters. The Balaban J connectivity index is 1.92. The molecule has 156 valence electrons. The number of carbonyl (C=O) groups excluding carboxylic acids is 2. The summed E-state index contributed by atoms with van der Waals surface area (Å²) in [6.45, 7) is 1.44. The highest BCUT2D eigenvalue weighted by Gasteiger charge is 2.60. The molecule has 0 saturated carbocycles. The standard InChI is InChI=1S/C24H20N2O4S/c1-17-12-14-20(15-13-17)26-22(27)24(31-23(26)28,19-10-6-3-7-11-19)21(16-25(29)30)18-8-4-2-5-9-18/h2-15,21H,16H2,1H3/t21-,24-/m1/s1. The van der Waals surface area contributed by atoms with Crippen molar-refractivity contribution in [2.75, 3.05) is 11.4 Å². The quantitative estimate of drug-likeness (QED) is 0.397. The van der Waals surface area contributed by atoms with Crippen LogP contribution < -0.4 is 4.90 Å². The molecule has 0 N–H and O–H groups in total. The smallest absolute Gasteiger partial charge is 0.272 e. The summed E-state index contributed by atoms with van der Waals surface area (Å²) in [6, 6.07) is 24.9. The zero-order valence-electron chi connectivity index (χ0n) is 16.8. The van der Waals surface area contributed by atoms with Gasteiger partial charge in [0.25, 0.3) is 11.1 Å². The van der Waals surface area contributed by atoms with Crippen molar-refractivity contribution in [1.82, 2.24) is 0 Å². The number of hydrogen-bond donors (Lipinski definition) is 0. The summed E-state index contributed by atoms with van der Waals surface area (Å²) in [5.74, 6) is -1.30. The van der Waals surface area contributed by atoms with E-state index in [0.29, 0.717) is 16.8 Å². The second-order valence-corrected chi connectivity index (χ2v) is 8.62. The Morgan fingerprint density at radius 2 is 1.52 bits per heavy atom. The van der Waals surface area contributed by atoms with Crippen molar-refractivity contribution in [2.24, 2.45) is 0 Å². The number of aryl methyl sites for hydroxylation is 1. The van der Waals surface area contributed by atoms with Gasteiger partial charge in [0.05, 0.1) is 11.6 Å². The molecule has 1 aliphatic heterocycles. The zero-order chi connectivity index (χ0) is 22.0. The summed E-state index contributed by atoms with van der Waals surface area (Å²) in [5, 5.41) is 11.2. The first-order valence-corrected chi connectivity index (χ1v) is 10.6. The van der Waals surface area contributed by atoms with Gasteiger partial charge >= 0.3 is 0 Å². The highest BCUT2D eigenvalue weighted by molar-refractivity contribution is 8.16. The first kappa shape index (κ1) is 20.8. The molecular weight excluding hydrogens is 412 g/mol. The van der Waals surface area contributed by atoms with Crippen molar-refractivity contribution in [3.63, 3.8) is 0 Å². The van der Waals surface area contributed by atoms with Crippen LogP contribution in [0.1, 0.15) is 22.6 Å². The molecule has 1 aliphatic rings. The number of nitrogens with zero attached hydrogens (tertiary/aromatic N) is 2. The van der Waals surface area contributed by atoms with Crippen LogP contribution in [0.3, 0.4) is 0 Å². The maximum absolute atomic E-state index is 14.0. The van der Waals surface area contributed by atoms with Gasteiger partial charge in [-0.05, 0) is 41.9 Å². The largest absolute Gasteiger partial charge is 0.294 e. The molecule has 1 heterocycles. The van der Waals surface area contributed by atoms with E-state index in [1.54, 1.807) is 60.7 Å². The highest BCUT2D eigenvalue weighted by Crippen LogP contribution is 2.55. The Kier molecular flexibility index (Phi) is 5.61. The molecule has 0 unspecified atom stereocenters. The van der Waals surface area contributed by atoms with Gasteiger partial charge in [-0.15, -0.1) is 0 Å². The van der Waals surface area contributed by atoms with Crippen molar-refractivity contribution < 1.29 is 14.5 Å². The molecule has 7 heteroatoms. The van der Waals surface area contributed by atoms with E-state index in [0.717, 1.165) is 22.2 Å². The summed E-state index contributed by atoms with van der Waals surface area (Å²) in [6.07, 6.45) is 0. The maximum atomic E-state index is 14.0. The van der Waals surface area contributed by atoms with Crippen LogP contribution in [-0.4, -0.2) is 22.6 Å². The fourth-order valence-electron chi connectivity index (χ4n) is 3.99. The van der Waals surface area contributed by atoms with Crippen molar-refractivity contribution in [3.8, 4) is 0 Å². The molecule has 31 heavy (non-hydrogen) atoms. The number of thioether (sulfide) groups is 1. The minimum Gasteiger partial charge on any atom is -0.272 e. The van der Waals surface area contributed by atoms with Crippen LogP contribution in [-0.2, 0) is 9.54 Å². The molecule has 3 aromatic carbocycles. The van der Waals surface area contributed by atoms with Gasteiger partial charge in [0.2, 0.25) is 6.54 Å². The lowest BCUT2D eigenvalue weighted by Crippen LogP contribution is -2.44. The fraction of sp³-hybridized carbons (Fsp3) is 0.167. The van der Waals surface area contributed by atoms with Gasteiger partial charge in [0.15, 0.2) is 0 Å². The molecule has 3 aromatic rings. The highest BCUT2D eigenvalue weighted by atomic mass is 32.2. The van der Waals surface area contributed by atoms with Crippen molar-refractivity contribution in [3.05, 3.63) is 112 Å². The van der Waals surface area contributed by atoms with Crippen molar-refractivity contribution in [1.29, 1.82) is 0 Å². The van der Waals surface area contributed by atoms with Gasteiger partial charge in [-0.25, -0.2) is 4.90 Å². The molecule has 0 spiro atoms. The van der Waals surface area contributed by atoms with E-state index in [4.69, 9.17) is 0 Å². The number of anilines is 1. The van der Waals surface area contributed by atoms with E-state index in [1.165, 1.54) is 0 Å². The molecule has 0 bridgehead atoms. The van der Waals surface area contributed by atoms with Crippen molar-refractivity contribution >= 4 is 28.6 Å². The molecular formula is C24H20N2O4S. The topological polar surface area (TPSA) is 80.5 Å². The maximum Gasteiger partial charge on any atom is 0.294 e. The van der Waals surface area contributed by atoms with E-state index in [1.807, 2.05) is 31.2 Å². The van der Waals surface area contributed by atoms with E-state index in [9.17, 15) is 19.7 Å². The molecule has 1 fully saturated rings. The van der Waals surface area contributed by atoms with Gasteiger partial charge < -0.3 is 0 Å². The van der Waals surface area contributed by atoms with Crippen LogP contribution in [0.4, 0.5) is 10.5 Å². The van der Waals surface area contributed by atoms with Crippen LogP contribution in [0.15, 0.2) is 84.9 Å². The van der Waals surface area contributed by atoms with Crippen LogP contribution in [0, 0.1) is 17.0 Å². The number of hydrogen-bond acceptors (Lipinski definition) is 5. The third kappa shape index (κ3) is 3.72. The zero-order valence-corrected chi connectivity index (χ0v) is 17.6. The summed E-state index contributed by atoms with van der Waals surface area (Å²) in [7, 11) is 0. The number of amides is 2. The molecule has 0 aromatic heterocycles. The van der Waals surface area contributed by atoms with Gasteiger partial charge in [0, 0.05) is 4.92 Å². The summed E-state index contributed by atoms with van der Waals surface area (Å²) in [5.41, 5.74) is 2.67. The Morgan fingerprint density at radius 1 is 0.935 bits per heavy atom. The van der Waals surface area contributed by atoms with Crippen LogP contribution in [0.25, 0.3) is 0 Å². The Hall–Kier alpha value is -3.45. The third-order valence-corrected chi connectivity index (χ3v) is 6.84. The van der Waals surface area contributed by atoms with E-state index < -0.39 is 33.3 Å². The van der Waals surface area contributed by atoms with Gasteiger partial charge in [0.1, 0.15) is 4.75 Å². The molecule has 0 aliphatic carbocycles. The molecule has 6 nitrogen and oxygen atoms in total. The number of carbonyl (C=O) groups is 2. The van der Waals surface area contributed by atoms with Crippen LogP contribution in [0.5, 0.6) is 0 Å². The average Bonchev–Trinajstić information content (AvgIpc) is 3.05. The van der Waals surface area contributed by atoms with Gasteiger partial charge in [-0.3, -0.25) is 19.7 Å². The number of rotatable bonds is 6. The third-order valence-electron chi connectivity index (χ3n) is 5.47. The van der Waals surface area contributed by atoms with E-state index in [-0.39, 0.29) is 0 Å². The minimum absolute atomic E-state index is 0.421. The van der Waals surface area contributed by atoms with Gasteiger partial charge in [-0.1, -0.05) is 78.4 Å². The Morgan fingerprint density at radius 3 is 2.10 bits per heavy atom. The first-order chi connectivity index (χ1) is 14.9. The van der Waals surface area contributed by atoms with E-state index >= 15 is 0 Å². The monoisotopic (exact) mass is 432 g/mol. The van der Waals surface area contributed by atoms with Gasteiger partial charge in [-0.2, -0.15) is 0 Å². The summed E-state index contributed by atoms with van der Waals surface area (Å²) < 4.78 is -1.45.